The number of carboxylic acids is 1. The molecule has 0 aliphatic carbocycles. The second kappa shape index (κ2) is 6.69. The summed E-state index contributed by atoms with van der Waals surface area (Å²) >= 11 is 0. The summed E-state index contributed by atoms with van der Waals surface area (Å²) in [6.07, 6.45) is 0.374. The molecular formula is C12H17N3O5. The molecular weight excluding hydrogens is 266 g/mol. The van der Waals surface area contributed by atoms with Gasteiger partial charge >= 0.3 is 11.7 Å². The molecule has 0 saturated carbocycles. The number of H-pyrrole nitrogens is 2. The molecule has 0 spiro atoms. The standard InChI is InChI=1S/C12H17N3O5/c1-3-8(11(18)19)14-9(16)5-4-7-6(2)13-12(20)15-10(7)17/h8H,3-5H2,1-2H3,(H,14,16)(H,18,19)(H2,13,15,17,20)/t8-/m1/s1. The highest BCUT2D eigenvalue weighted by molar-refractivity contribution is 5.83. The number of carboxylic acid groups (broad SMARTS) is 1. The summed E-state index contributed by atoms with van der Waals surface area (Å²) in [5.41, 5.74) is -0.429. The van der Waals surface area contributed by atoms with Crippen LogP contribution in [0.5, 0.6) is 0 Å². The highest BCUT2D eigenvalue weighted by Gasteiger charge is 2.17. The van der Waals surface area contributed by atoms with Crippen molar-refractivity contribution in [3.63, 3.8) is 0 Å². The van der Waals surface area contributed by atoms with E-state index in [0.29, 0.717) is 11.3 Å². The maximum Gasteiger partial charge on any atom is 0.326 e. The molecule has 4 N–H and O–H groups in total. The molecule has 0 aromatic carbocycles. The Morgan fingerprint density at radius 3 is 2.45 bits per heavy atom. The lowest BCUT2D eigenvalue weighted by molar-refractivity contribution is -0.141. The third kappa shape index (κ3) is 4.08. The smallest absolute Gasteiger partial charge is 0.326 e. The maximum absolute atomic E-state index is 11.6. The van der Waals surface area contributed by atoms with Gasteiger partial charge in [-0.3, -0.25) is 14.6 Å². The zero-order valence-electron chi connectivity index (χ0n) is 11.3. The molecule has 0 bridgehead atoms. The normalized spacial score (nSPS) is 11.9. The van der Waals surface area contributed by atoms with Crippen LogP contribution in [0.3, 0.4) is 0 Å². The number of aryl methyl sites for hydroxylation is 1. The van der Waals surface area contributed by atoms with Crippen molar-refractivity contribution in [1.82, 2.24) is 15.3 Å². The molecule has 110 valence electrons. The number of rotatable bonds is 6. The predicted octanol–water partition coefficient (Wildman–Crippen LogP) is -0.716. The Balaban J connectivity index is 2.69. The molecule has 0 fully saturated rings. The number of aromatic amines is 2. The second-order valence-corrected chi connectivity index (χ2v) is 4.38. The van der Waals surface area contributed by atoms with Crippen LogP contribution in [0.25, 0.3) is 0 Å². The van der Waals surface area contributed by atoms with E-state index in [1.807, 2.05) is 0 Å². The van der Waals surface area contributed by atoms with Gasteiger partial charge in [-0.25, -0.2) is 9.59 Å². The van der Waals surface area contributed by atoms with Crippen LogP contribution in [0.2, 0.25) is 0 Å². The van der Waals surface area contributed by atoms with Crippen molar-refractivity contribution in [2.45, 2.75) is 39.2 Å². The molecule has 0 aliphatic rings. The van der Waals surface area contributed by atoms with Crippen molar-refractivity contribution in [3.05, 3.63) is 32.1 Å². The number of amides is 1. The molecule has 1 amide bonds. The minimum absolute atomic E-state index is 0.0280. The molecule has 1 heterocycles. The van der Waals surface area contributed by atoms with Gasteiger partial charge in [-0.15, -0.1) is 0 Å². The number of carbonyl (C=O) groups is 2. The highest BCUT2D eigenvalue weighted by atomic mass is 16.4. The van der Waals surface area contributed by atoms with Crippen LogP contribution in [-0.2, 0) is 16.0 Å². The molecule has 8 nitrogen and oxygen atoms in total. The average Bonchev–Trinajstić information content (AvgIpc) is 2.34. The second-order valence-electron chi connectivity index (χ2n) is 4.38. The quantitative estimate of drug-likeness (QED) is 0.547. The van der Waals surface area contributed by atoms with Gasteiger partial charge in [0, 0.05) is 17.7 Å². The van der Waals surface area contributed by atoms with E-state index in [2.05, 4.69) is 15.3 Å². The molecule has 1 aromatic heterocycles. The number of hydrogen-bond donors (Lipinski definition) is 4. The Morgan fingerprint density at radius 2 is 1.95 bits per heavy atom. The fourth-order valence-corrected chi connectivity index (χ4v) is 1.77. The van der Waals surface area contributed by atoms with E-state index in [1.165, 1.54) is 0 Å². The van der Waals surface area contributed by atoms with Crippen LogP contribution in [0.4, 0.5) is 0 Å². The van der Waals surface area contributed by atoms with Gasteiger partial charge in [0.25, 0.3) is 5.56 Å². The summed E-state index contributed by atoms with van der Waals surface area (Å²) in [7, 11) is 0. The summed E-state index contributed by atoms with van der Waals surface area (Å²) < 4.78 is 0. The van der Waals surface area contributed by atoms with Crippen LogP contribution in [0, 0.1) is 6.92 Å². The monoisotopic (exact) mass is 283 g/mol. The van der Waals surface area contributed by atoms with E-state index in [9.17, 15) is 19.2 Å². The number of carbonyl (C=O) groups excluding carboxylic acids is 1. The Kier molecular flexibility index (Phi) is 5.24. The van der Waals surface area contributed by atoms with Gasteiger partial charge in [0.2, 0.25) is 5.91 Å². The zero-order valence-corrected chi connectivity index (χ0v) is 11.3. The average molecular weight is 283 g/mol. The summed E-state index contributed by atoms with van der Waals surface area (Å²) in [6.45, 7) is 3.21. The number of hydrogen-bond acceptors (Lipinski definition) is 4. The van der Waals surface area contributed by atoms with Gasteiger partial charge in [-0.05, 0) is 19.8 Å². The van der Waals surface area contributed by atoms with Crippen LogP contribution >= 0.6 is 0 Å². The van der Waals surface area contributed by atoms with E-state index in [-0.39, 0.29) is 19.3 Å². The first-order valence-corrected chi connectivity index (χ1v) is 6.19. The molecule has 1 atom stereocenters. The molecule has 20 heavy (non-hydrogen) atoms. The van der Waals surface area contributed by atoms with E-state index >= 15 is 0 Å². The number of nitrogens with one attached hydrogen (secondary N) is 3. The first-order chi connectivity index (χ1) is 9.35. The fourth-order valence-electron chi connectivity index (χ4n) is 1.77. The third-order valence-electron chi connectivity index (χ3n) is 2.90. The largest absolute Gasteiger partial charge is 0.480 e. The Hall–Kier alpha value is -2.38. The van der Waals surface area contributed by atoms with Gasteiger partial charge in [-0.2, -0.15) is 0 Å². The summed E-state index contributed by atoms with van der Waals surface area (Å²) in [5.74, 6) is -1.55. The molecule has 0 radical (unpaired) electrons. The van der Waals surface area contributed by atoms with E-state index < -0.39 is 29.2 Å². The lowest BCUT2D eigenvalue weighted by atomic mass is 10.1. The van der Waals surface area contributed by atoms with Gasteiger partial charge in [0.05, 0.1) is 0 Å². The Morgan fingerprint density at radius 1 is 1.30 bits per heavy atom. The SMILES string of the molecule is CC[C@@H](NC(=O)CCc1c(C)[nH]c(=O)[nH]c1=O)C(=O)O. The predicted molar refractivity (Wildman–Crippen MR) is 70.6 cm³/mol. The molecule has 1 rings (SSSR count). The van der Waals surface area contributed by atoms with Crippen molar-refractivity contribution >= 4 is 11.9 Å². The number of aliphatic carboxylic acids is 1. The van der Waals surface area contributed by atoms with Crippen molar-refractivity contribution < 1.29 is 14.7 Å². The summed E-state index contributed by atoms with van der Waals surface area (Å²) in [4.78, 5) is 49.5. The van der Waals surface area contributed by atoms with Crippen LogP contribution < -0.4 is 16.6 Å². The maximum atomic E-state index is 11.6. The third-order valence-corrected chi connectivity index (χ3v) is 2.90. The lowest BCUT2D eigenvalue weighted by Crippen LogP contribution is -2.40. The minimum Gasteiger partial charge on any atom is -0.480 e. The lowest BCUT2D eigenvalue weighted by Gasteiger charge is -2.12. The topological polar surface area (TPSA) is 132 Å². The summed E-state index contributed by atoms with van der Waals surface area (Å²) in [5, 5.41) is 11.2. The van der Waals surface area contributed by atoms with Crippen LogP contribution in [-0.4, -0.2) is 33.0 Å². The van der Waals surface area contributed by atoms with Crippen LogP contribution in [0.15, 0.2) is 9.59 Å². The minimum atomic E-state index is -1.10. The molecule has 0 unspecified atom stereocenters. The van der Waals surface area contributed by atoms with Gasteiger partial charge in [0.1, 0.15) is 6.04 Å². The van der Waals surface area contributed by atoms with Crippen molar-refractivity contribution in [2.75, 3.05) is 0 Å². The van der Waals surface area contributed by atoms with Gasteiger partial charge < -0.3 is 15.4 Å². The molecule has 0 aliphatic heterocycles. The highest BCUT2D eigenvalue weighted by Crippen LogP contribution is 2.01. The van der Waals surface area contributed by atoms with E-state index in [0.717, 1.165) is 0 Å². The Labute approximate surface area is 114 Å². The Bertz CT molecular complexity index is 616. The van der Waals surface area contributed by atoms with Gasteiger partial charge in [-0.1, -0.05) is 6.92 Å². The number of aromatic nitrogens is 2. The first kappa shape index (κ1) is 15.7. The van der Waals surface area contributed by atoms with Crippen molar-refractivity contribution in [3.8, 4) is 0 Å². The van der Waals surface area contributed by atoms with Crippen molar-refractivity contribution in [1.29, 1.82) is 0 Å². The van der Waals surface area contributed by atoms with Crippen LogP contribution in [0.1, 0.15) is 31.0 Å². The van der Waals surface area contributed by atoms with E-state index in [1.54, 1.807) is 13.8 Å². The molecule has 1 aromatic rings. The summed E-state index contributed by atoms with van der Waals surface area (Å²) in [6, 6.07) is -0.933. The van der Waals surface area contributed by atoms with E-state index in [4.69, 9.17) is 5.11 Å². The fraction of sp³-hybridized carbons (Fsp3) is 0.500. The first-order valence-electron chi connectivity index (χ1n) is 6.19. The van der Waals surface area contributed by atoms with Gasteiger partial charge in [0.15, 0.2) is 0 Å². The zero-order chi connectivity index (χ0) is 15.3. The van der Waals surface area contributed by atoms with Crippen molar-refractivity contribution in [2.24, 2.45) is 0 Å². The molecule has 0 saturated heterocycles. The molecule has 8 heteroatoms.